The van der Waals surface area contributed by atoms with E-state index in [9.17, 15) is 4.79 Å². The number of ether oxygens (including phenoxy) is 1. The Morgan fingerprint density at radius 1 is 1.47 bits per heavy atom. The van der Waals surface area contributed by atoms with E-state index in [-0.39, 0.29) is 6.10 Å². The summed E-state index contributed by atoms with van der Waals surface area (Å²) >= 11 is 0. The molecule has 15 heavy (non-hydrogen) atoms. The third-order valence-electron chi connectivity index (χ3n) is 2.64. The number of unbranched alkanes of at least 4 members (excludes halogenated alkanes) is 2. The van der Waals surface area contributed by atoms with Crippen molar-refractivity contribution in [2.24, 2.45) is 5.73 Å². The Bertz CT molecular complexity index is 199. The van der Waals surface area contributed by atoms with Gasteiger partial charge in [-0.25, -0.2) is 4.79 Å². The van der Waals surface area contributed by atoms with Gasteiger partial charge < -0.3 is 20.5 Å². The van der Waals surface area contributed by atoms with Crippen molar-refractivity contribution in [3.8, 4) is 0 Å². The molecule has 3 N–H and O–H groups in total. The second-order valence-corrected chi connectivity index (χ2v) is 3.86. The van der Waals surface area contributed by atoms with Gasteiger partial charge in [0.05, 0.1) is 19.3 Å². The first-order valence-electron chi connectivity index (χ1n) is 5.53. The van der Waals surface area contributed by atoms with Crippen LogP contribution in [0.1, 0.15) is 25.7 Å². The van der Waals surface area contributed by atoms with E-state index < -0.39 is 6.09 Å². The van der Waals surface area contributed by atoms with Crippen molar-refractivity contribution in [2.45, 2.75) is 31.8 Å². The first-order chi connectivity index (χ1) is 7.24. The predicted molar refractivity (Wildman–Crippen MR) is 56.9 cm³/mol. The highest BCUT2D eigenvalue weighted by Gasteiger charge is 2.22. The highest BCUT2D eigenvalue weighted by Crippen LogP contribution is 2.12. The molecule has 0 saturated carbocycles. The van der Waals surface area contributed by atoms with E-state index in [1.807, 2.05) is 0 Å². The molecular formula is C10H20N2O3. The summed E-state index contributed by atoms with van der Waals surface area (Å²) < 4.78 is 5.50. The highest BCUT2D eigenvalue weighted by molar-refractivity contribution is 5.65. The molecule has 0 aromatic carbocycles. The van der Waals surface area contributed by atoms with Crippen LogP contribution in [-0.4, -0.2) is 48.4 Å². The van der Waals surface area contributed by atoms with Crippen LogP contribution in [0.4, 0.5) is 4.79 Å². The number of hydrogen-bond acceptors (Lipinski definition) is 3. The second-order valence-electron chi connectivity index (χ2n) is 3.86. The molecule has 0 bridgehead atoms. The molecule has 1 saturated heterocycles. The highest BCUT2D eigenvalue weighted by atomic mass is 16.5. The van der Waals surface area contributed by atoms with E-state index in [0.29, 0.717) is 19.7 Å². The minimum absolute atomic E-state index is 0.0765. The van der Waals surface area contributed by atoms with E-state index in [0.717, 1.165) is 32.2 Å². The van der Waals surface area contributed by atoms with Crippen molar-refractivity contribution < 1.29 is 14.6 Å². The Morgan fingerprint density at radius 2 is 2.27 bits per heavy atom. The van der Waals surface area contributed by atoms with Gasteiger partial charge in [-0.15, -0.1) is 0 Å². The summed E-state index contributed by atoms with van der Waals surface area (Å²) in [6.07, 6.45) is 3.37. The first-order valence-corrected chi connectivity index (χ1v) is 5.53. The molecule has 5 nitrogen and oxygen atoms in total. The molecule has 0 radical (unpaired) electrons. The second kappa shape index (κ2) is 6.63. The summed E-state index contributed by atoms with van der Waals surface area (Å²) in [5.74, 6) is 0. The Morgan fingerprint density at radius 3 is 2.93 bits per heavy atom. The molecule has 1 aliphatic rings. The summed E-state index contributed by atoms with van der Waals surface area (Å²) in [5.41, 5.74) is 5.39. The monoisotopic (exact) mass is 216 g/mol. The van der Waals surface area contributed by atoms with Crippen LogP contribution in [0, 0.1) is 0 Å². The third-order valence-corrected chi connectivity index (χ3v) is 2.64. The van der Waals surface area contributed by atoms with Crippen LogP contribution < -0.4 is 5.73 Å². The van der Waals surface area contributed by atoms with Crippen LogP contribution in [0.25, 0.3) is 0 Å². The lowest BCUT2D eigenvalue weighted by atomic mass is 10.1. The minimum Gasteiger partial charge on any atom is -0.465 e. The van der Waals surface area contributed by atoms with Gasteiger partial charge in [0.1, 0.15) is 0 Å². The topological polar surface area (TPSA) is 75.8 Å². The number of carbonyl (C=O) groups is 1. The van der Waals surface area contributed by atoms with Crippen LogP contribution in [0.2, 0.25) is 0 Å². The summed E-state index contributed by atoms with van der Waals surface area (Å²) in [4.78, 5) is 12.2. The van der Waals surface area contributed by atoms with Crippen molar-refractivity contribution in [2.75, 3.05) is 26.2 Å². The standard InChI is InChI=1S/C10H20N2O3/c11-5-3-1-2-4-9-8-12(10(13)14)6-7-15-9/h9H,1-8,11H2,(H,13,14)/t9-/m1/s1. The Kier molecular flexibility index (Phi) is 5.42. The molecule has 0 aromatic rings. The van der Waals surface area contributed by atoms with E-state index in [4.69, 9.17) is 15.6 Å². The van der Waals surface area contributed by atoms with Crippen LogP contribution in [0.15, 0.2) is 0 Å². The first kappa shape index (κ1) is 12.3. The molecule has 1 aliphatic heterocycles. The summed E-state index contributed by atoms with van der Waals surface area (Å²) in [6, 6.07) is 0. The van der Waals surface area contributed by atoms with Gasteiger partial charge in [-0.1, -0.05) is 12.8 Å². The molecule has 5 heteroatoms. The van der Waals surface area contributed by atoms with Gasteiger partial charge in [-0.3, -0.25) is 0 Å². The average Bonchev–Trinajstić information content (AvgIpc) is 2.25. The zero-order valence-corrected chi connectivity index (χ0v) is 9.02. The molecule has 0 spiro atoms. The Labute approximate surface area is 90.2 Å². The number of amides is 1. The lowest BCUT2D eigenvalue weighted by Crippen LogP contribution is -2.44. The molecule has 1 heterocycles. The molecule has 0 unspecified atom stereocenters. The van der Waals surface area contributed by atoms with Crippen LogP contribution in [0.5, 0.6) is 0 Å². The zero-order valence-electron chi connectivity index (χ0n) is 9.02. The number of rotatable bonds is 5. The quantitative estimate of drug-likeness (QED) is 0.669. The van der Waals surface area contributed by atoms with Crippen molar-refractivity contribution in [3.05, 3.63) is 0 Å². The van der Waals surface area contributed by atoms with Gasteiger partial charge in [0.2, 0.25) is 0 Å². The molecule has 0 aliphatic carbocycles. The van der Waals surface area contributed by atoms with E-state index in [2.05, 4.69) is 0 Å². The fourth-order valence-electron chi connectivity index (χ4n) is 1.76. The molecular weight excluding hydrogens is 196 g/mol. The largest absolute Gasteiger partial charge is 0.465 e. The number of carboxylic acid groups (broad SMARTS) is 1. The Balaban J connectivity index is 2.15. The molecule has 0 aromatic heterocycles. The molecule has 1 amide bonds. The van der Waals surface area contributed by atoms with E-state index in [1.54, 1.807) is 0 Å². The maximum atomic E-state index is 10.7. The van der Waals surface area contributed by atoms with Crippen LogP contribution in [-0.2, 0) is 4.74 Å². The number of hydrogen-bond donors (Lipinski definition) is 2. The Hall–Kier alpha value is -0.810. The fraction of sp³-hybridized carbons (Fsp3) is 0.900. The number of nitrogens with two attached hydrogens (primary N) is 1. The number of nitrogens with zero attached hydrogens (tertiary/aromatic N) is 1. The van der Waals surface area contributed by atoms with Crippen molar-refractivity contribution in [3.63, 3.8) is 0 Å². The minimum atomic E-state index is -0.842. The molecule has 1 rings (SSSR count). The lowest BCUT2D eigenvalue weighted by molar-refractivity contribution is -0.0262. The lowest BCUT2D eigenvalue weighted by Gasteiger charge is -2.31. The zero-order chi connectivity index (χ0) is 11.1. The van der Waals surface area contributed by atoms with Crippen molar-refractivity contribution in [1.82, 2.24) is 4.90 Å². The SMILES string of the molecule is NCCCCC[C@@H]1CN(C(=O)O)CCO1. The smallest absolute Gasteiger partial charge is 0.407 e. The van der Waals surface area contributed by atoms with Crippen molar-refractivity contribution in [1.29, 1.82) is 0 Å². The average molecular weight is 216 g/mol. The van der Waals surface area contributed by atoms with Gasteiger partial charge in [0, 0.05) is 6.54 Å². The van der Waals surface area contributed by atoms with Gasteiger partial charge in [0.15, 0.2) is 0 Å². The molecule has 88 valence electrons. The maximum absolute atomic E-state index is 10.7. The van der Waals surface area contributed by atoms with Gasteiger partial charge in [0.25, 0.3) is 0 Å². The summed E-state index contributed by atoms with van der Waals surface area (Å²) in [5, 5.41) is 8.82. The van der Waals surface area contributed by atoms with E-state index >= 15 is 0 Å². The van der Waals surface area contributed by atoms with E-state index in [1.165, 1.54) is 4.90 Å². The van der Waals surface area contributed by atoms with Crippen LogP contribution in [0.3, 0.4) is 0 Å². The molecule has 1 atom stereocenters. The van der Waals surface area contributed by atoms with Crippen molar-refractivity contribution >= 4 is 6.09 Å². The van der Waals surface area contributed by atoms with Gasteiger partial charge >= 0.3 is 6.09 Å². The maximum Gasteiger partial charge on any atom is 0.407 e. The predicted octanol–water partition coefficient (Wildman–Crippen LogP) is 0.884. The number of morpholine rings is 1. The fourth-order valence-corrected chi connectivity index (χ4v) is 1.76. The van der Waals surface area contributed by atoms with Crippen LogP contribution >= 0.6 is 0 Å². The molecule has 1 fully saturated rings. The third kappa shape index (κ3) is 4.48. The summed E-state index contributed by atoms with van der Waals surface area (Å²) in [6.45, 7) is 2.26. The van der Waals surface area contributed by atoms with Gasteiger partial charge in [-0.2, -0.15) is 0 Å². The summed E-state index contributed by atoms with van der Waals surface area (Å²) in [7, 11) is 0. The normalized spacial score (nSPS) is 21.7. The van der Waals surface area contributed by atoms with Gasteiger partial charge in [-0.05, 0) is 19.4 Å².